The second kappa shape index (κ2) is 10.0. The summed E-state index contributed by atoms with van der Waals surface area (Å²) in [6.07, 6.45) is 2.29. The average Bonchev–Trinajstić information content (AvgIpc) is 2.80. The number of rotatable bonds is 10. The van der Waals surface area contributed by atoms with E-state index in [0.717, 1.165) is 12.2 Å². The van der Waals surface area contributed by atoms with Crippen molar-refractivity contribution in [2.45, 2.75) is 11.3 Å². The van der Waals surface area contributed by atoms with E-state index < -0.39 is 10.0 Å². The lowest BCUT2D eigenvalue weighted by molar-refractivity contribution is 0.354. The maximum atomic E-state index is 12.7. The number of methoxy groups -OCH3 is 3. The van der Waals surface area contributed by atoms with Crippen molar-refractivity contribution < 1.29 is 22.6 Å². The van der Waals surface area contributed by atoms with E-state index in [1.165, 1.54) is 38.1 Å². The molecule has 2 N–H and O–H groups in total. The number of benzene rings is 2. The minimum Gasteiger partial charge on any atom is -0.497 e. The van der Waals surface area contributed by atoms with Gasteiger partial charge in [-0.15, -0.1) is 0 Å². The summed E-state index contributed by atoms with van der Waals surface area (Å²) >= 11 is 0. The van der Waals surface area contributed by atoms with E-state index in [-0.39, 0.29) is 4.90 Å². The number of pyridine rings is 1. The zero-order valence-corrected chi connectivity index (χ0v) is 18.4. The summed E-state index contributed by atoms with van der Waals surface area (Å²) < 4.78 is 43.3. The molecule has 0 amide bonds. The van der Waals surface area contributed by atoms with Crippen LogP contribution < -0.4 is 24.2 Å². The van der Waals surface area contributed by atoms with Gasteiger partial charge in [0, 0.05) is 12.6 Å². The molecule has 0 aliphatic carbocycles. The first-order chi connectivity index (χ1) is 14.9. The lowest BCUT2D eigenvalue weighted by atomic mass is 10.1. The quantitative estimate of drug-likeness (QED) is 0.494. The van der Waals surface area contributed by atoms with Gasteiger partial charge in [-0.1, -0.05) is 12.1 Å². The van der Waals surface area contributed by atoms with Gasteiger partial charge in [-0.2, -0.15) is 0 Å². The van der Waals surface area contributed by atoms with E-state index in [0.29, 0.717) is 29.5 Å². The maximum Gasteiger partial charge on any atom is 0.262 e. The summed E-state index contributed by atoms with van der Waals surface area (Å²) in [4.78, 5) is 4.34. The first kappa shape index (κ1) is 22.2. The van der Waals surface area contributed by atoms with Gasteiger partial charge in [0.2, 0.25) is 0 Å². The Balaban J connectivity index is 1.59. The van der Waals surface area contributed by atoms with Gasteiger partial charge in [-0.3, -0.25) is 4.72 Å². The Morgan fingerprint density at radius 1 is 0.871 bits per heavy atom. The number of nitrogens with zero attached hydrogens (tertiary/aromatic N) is 1. The third-order valence-corrected chi connectivity index (χ3v) is 5.94. The summed E-state index contributed by atoms with van der Waals surface area (Å²) in [6, 6.07) is 15.7. The first-order valence-corrected chi connectivity index (χ1v) is 11.0. The van der Waals surface area contributed by atoms with Gasteiger partial charge >= 0.3 is 0 Å². The number of hydrogen-bond acceptors (Lipinski definition) is 7. The van der Waals surface area contributed by atoms with Crippen LogP contribution in [0.4, 0.5) is 11.5 Å². The molecule has 0 radical (unpaired) electrons. The Morgan fingerprint density at radius 2 is 1.61 bits per heavy atom. The summed E-state index contributed by atoms with van der Waals surface area (Å²) in [6.45, 7) is 0.691. The molecular formula is C22H25N3O5S. The van der Waals surface area contributed by atoms with Crippen LogP contribution >= 0.6 is 0 Å². The van der Waals surface area contributed by atoms with Crippen LogP contribution in [0, 0.1) is 0 Å². The Bertz CT molecular complexity index is 1100. The molecular weight excluding hydrogens is 418 g/mol. The summed E-state index contributed by atoms with van der Waals surface area (Å²) in [7, 11) is 0.779. The van der Waals surface area contributed by atoms with E-state index in [9.17, 15) is 8.42 Å². The Morgan fingerprint density at radius 3 is 2.23 bits per heavy atom. The second-order valence-corrected chi connectivity index (χ2v) is 8.26. The molecule has 0 saturated heterocycles. The van der Waals surface area contributed by atoms with Crippen molar-refractivity contribution in [1.29, 1.82) is 0 Å². The fourth-order valence-electron chi connectivity index (χ4n) is 2.88. The number of ether oxygens (including phenoxy) is 3. The monoisotopic (exact) mass is 443 g/mol. The largest absolute Gasteiger partial charge is 0.497 e. The van der Waals surface area contributed by atoms with E-state index in [2.05, 4.69) is 15.0 Å². The third-order valence-electron chi connectivity index (χ3n) is 4.56. The summed E-state index contributed by atoms with van der Waals surface area (Å²) in [5.74, 6) is 2.26. The molecule has 31 heavy (non-hydrogen) atoms. The van der Waals surface area contributed by atoms with Crippen molar-refractivity contribution in [2.75, 3.05) is 37.9 Å². The highest BCUT2D eigenvalue weighted by Crippen LogP contribution is 2.30. The SMILES string of the molecule is COc1ccc(CCNc2ccc(NS(=O)(=O)c3ccc(OC)c(OC)c3)cn2)cc1. The Kier molecular flexibility index (Phi) is 7.19. The molecule has 0 bridgehead atoms. The lowest BCUT2D eigenvalue weighted by Gasteiger charge is -2.12. The fourth-order valence-corrected chi connectivity index (χ4v) is 3.94. The van der Waals surface area contributed by atoms with Crippen LogP contribution in [0.1, 0.15) is 5.56 Å². The van der Waals surface area contributed by atoms with Gasteiger partial charge < -0.3 is 19.5 Å². The molecule has 8 nitrogen and oxygen atoms in total. The van der Waals surface area contributed by atoms with Crippen molar-refractivity contribution in [3.05, 3.63) is 66.4 Å². The fraction of sp³-hybridized carbons (Fsp3) is 0.227. The van der Waals surface area contributed by atoms with E-state index in [4.69, 9.17) is 14.2 Å². The van der Waals surface area contributed by atoms with Gasteiger partial charge in [0.05, 0.1) is 38.1 Å². The number of aromatic nitrogens is 1. The molecule has 0 aliphatic rings. The highest BCUT2D eigenvalue weighted by atomic mass is 32.2. The molecule has 3 rings (SSSR count). The highest BCUT2D eigenvalue weighted by Gasteiger charge is 2.17. The van der Waals surface area contributed by atoms with Gasteiger partial charge in [0.1, 0.15) is 11.6 Å². The van der Waals surface area contributed by atoms with Crippen molar-refractivity contribution in [3.63, 3.8) is 0 Å². The highest BCUT2D eigenvalue weighted by molar-refractivity contribution is 7.92. The van der Waals surface area contributed by atoms with Crippen LogP contribution in [0.3, 0.4) is 0 Å². The molecule has 9 heteroatoms. The zero-order valence-electron chi connectivity index (χ0n) is 17.6. The number of anilines is 2. The van der Waals surface area contributed by atoms with Crippen molar-refractivity contribution >= 4 is 21.5 Å². The van der Waals surface area contributed by atoms with Gasteiger partial charge in [0.25, 0.3) is 10.0 Å². The van der Waals surface area contributed by atoms with Crippen LogP contribution in [0.5, 0.6) is 17.2 Å². The minimum atomic E-state index is -3.80. The molecule has 0 saturated carbocycles. The number of hydrogen-bond donors (Lipinski definition) is 2. The standard InChI is InChI=1S/C22H25N3O5S/c1-28-18-7-4-16(5-8-18)12-13-23-22-11-6-17(15-24-22)25-31(26,27)19-9-10-20(29-2)21(14-19)30-3/h4-11,14-15,25H,12-13H2,1-3H3,(H,23,24). The Labute approximate surface area is 182 Å². The maximum absolute atomic E-state index is 12.7. The average molecular weight is 444 g/mol. The lowest BCUT2D eigenvalue weighted by Crippen LogP contribution is -2.13. The molecule has 0 aliphatic heterocycles. The van der Waals surface area contributed by atoms with Crippen molar-refractivity contribution in [1.82, 2.24) is 4.98 Å². The minimum absolute atomic E-state index is 0.0619. The number of sulfonamides is 1. The second-order valence-electron chi connectivity index (χ2n) is 6.58. The van der Waals surface area contributed by atoms with Crippen LogP contribution in [0.25, 0.3) is 0 Å². The third kappa shape index (κ3) is 5.79. The van der Waals surface area contributed by atoms with E-state index in [1.54, 1.807) is 25.3 Å². The zero-order chi connectivity index (χ0) is 22.3. The molecule has 0 spiro atoms. The predicted octanol–water partition coefficient (Wildman–Crippen LogP) is 3.56. The normalized spacial score (nSPS) is 10.9. The molecule has 0 atom stereocenters. The summed E-state index contributed by atoms with van der Waals surface area (Å²) in [5.41, 5.74) is 1.53. The Hall–Kier alpha value is -3.46. The first-order valence-electron chi connectivity index (χ1n) is 9.53. The van der Waals surface area contributed by atoms with Gasteiger partial charge in [-0.05, 0) is 48.4 Å². The number of nitrogens with one attached hydrogen (secondary N) is 2. The van der Waals surface area contributed by atoms with E-state index >= 15 is 0 Å². The molecule has 1 heterocycles. The topological polar surface area (TPSA) is 98.8 Å². The van der Waals surface area contributed by atoms with Crippen LogP contribution in [0.15, 0.2) is 65.7 Å². The van der Waals surface area contributed by atoms with Crippen LogP contribution in [0.2, 0.25) is 0 Å². The van der Waals surface area contributed by atoms with Crippen molar-refractivity contribution in [2.24, 2.45) is 0 Å². The van der Waals surface area contributed by atoms with Crippen LogP contribution in [-0.4, -0.2) is 41.3 Å². The van der Waals surface area contributed by atoms with Gasteiger partial charge in [0.15, 0.2) is 11.5 Å². The molecule has 0 fully saturated rings. The molecule has 0 unspecified atom stereocenters. The van der Waals surface area contributed by atoms with E-state index in [1.807, 2.05) is 24.3 Å². The molecule has 1 aromatic heterocycles. The van der Waals surface area contributed by atoms with Crippen LogP contribution in [-0.2, 0) is 16.4 Å². The molecule has 3 aromatic rings. The molecule has 164 valence electrons. The van der Waals surface area contributed by atoms with Gasteiger partial charge in [-0.25, -0.2) is 13.4 Å². The predicted molar refractivity (Wildman–Crippen MR) is 120 cm³/mol. The summed E-state index contributed by atoms with van der Waals surface area (Å²) in [5, 5.41) is 3.22. The van der Waals surface area contributed by atoms with Crippen molar-refractivity contribution in [3.8, 4) is 17.2 Å². The molecule has 2 aromatic carbocycles. The smallest absolute Gasteiger partial charge is 0.262 e.